The van der Waals surface area contributed by atoms with Crippen LogP contribution >= 0.6 is 0 Å². The lowest BCUT2D eigenvalue weighted by atomic mass is 9.96. The summed E-state index contributed by atoms with van der Waals surface area (Å²) in [4.78, 5) is 12.9. The van der Waals surface area contributed by atoms with E-state index < -0.39 is 124 Å². The number of hydrogen-bond acceptors (Lipinski definition) is 18. The monoisotopic (exact) mass is 843 g/mol. The molecule has 0 radical (unpaired) electrons. The minimum absolute atomic E-state index is 0.260. The Morgan fingerprint density at radius 1 is 0.552 bits per heavy atom. The molecule has 3 aliphatic heterocycles. The predicted molar refractivity (Wildman–Crippen MR) is 204 cm³/mol. The average Bonchev–Trinajstić information content (AvgIpc) is 3.22. The van der Waals surface area contributed by atoms with E-state index >= 15 is 0 Å². The maximum Gasteiger partial charge on any atom is 0.220 e. The molecule has 0 aromatic heterocycles. The van der Waals surface area contributed by atoms with Crippen molar-refractivity contribution in [3.8, 4) is 0 Å². The summed E-state index contributed by atoms with van der Waals surface area (Å²) in [5.74, 6) is -0.266. The maximum atomic E-state index is 12.9. The highest BCUT2D eigenvalue weighted by atomic mass is 16.8. The Hall–Kier alpha value is -1.21. The molecule has 0 saturated carbocycles. The van der Waals surface area contributed by atoms with E-state index in [2.05, 4.69) is 19.2 Å². The summed E-state index contributed by atoms with van der Waals surface area (Å²) in [5, 5.41) is 119. The highest BCUT2D eigenvalue weighted by molar-refractivity contribution is 5.76. The second kappa shape index (κ2) is 27.0. The first kappa shape index (κ1) is 51.1. The molecule has 342 valence electrons. The van der Waals surface area contributed by atoms with Crippen LogP contribution in [-0.2, 0) is 33.2 Å². The fourth-order valence-corrected chi connectivity index (χ4v) is 7.49. The maximum absolute atomic E-state index is 12.9. The normalized spacial score (nSPS) is 36.7. The Morgan fingerprint density at radius 3 is 1.50 bits per heavy atom. The summed E-state index contributed by atoms with van der Waals surface area (Å²) in [6.45, 7) is 1.55. The molecular weight excluding hydrogens is 770 g/mol. The summed E-state index contributed by atoms with van der Waals surface area (Å²) in [5.41, 5.74) is 0. The van der Waals surface area contributed by atoms with Crippen molar-refractivity contribution in [2.24, 2.45) is 0 Å². The first-order chi connectivity index (χ1) is 27.8. The summed E-state index contributed by atoms with van der Waals surface area (Å²) >= 11 is 0. The highest BCUT2D eigenvalue weighted by Gasteiger charge is 2.53. The van der Waals surface area contributed by atoms with E-state index in [0.717, 1.165) is 44.9 Å². The minimum atomic E-state index is -1.96. The first-order valence-corrected chi connectivity index (χ1v) is 21.3. The Bertz CT molecular complexity index is 1110. The van der Waals surface area contributed by atoms with Crippen LogP contribution in [0, 0.1) is 0 Å². The lowest BCUT2D eigenvalue weighted by molar-refractivity contribution is -0.379. The van der Waals surface area contributed by atoms with Crippen molar-refractivity contribution < 1.29 is 89.4 Å². The van der Waals surface area contributed by atoms with Gasteiger partial charge in [0.2, 0.25) is 5.91 Å². The minimum Gasteiger partial charge on any atom is -0.394 e. The number of ether oxygens (including phenoxy) is 6. The summed E-state index contributed by atoms with van der Waals surface area (Å²) < 4.78 is 33.8. The zero-order valence-corrected chi connectivity index (χ0v) is 34.0. The molecule has 0 spiro atoms. The van der Waals surface area contributed by atoms with Crippen LogP contribution in [0.1, 0.15) is 110 Å². The summed E-state index contributed by atoms with van der Waals surface area (Å²) in [6, 6.07) is -0.872. The number of nitrogens with one attached hydrogen (secondary N) is 1. The second-order valence-electron chi connectivity index (χ2n) is 15.8. The van der Waals surface area contributed by atoms with Gasteiger partial charge in [-0.25, -0.2) is 0 Å². The standard InChI is InChI=1S/C39H73NO18/c1-3-5-7-9-10-11-12-13-14-16-23(44)22(40-27(45)17-15-8-6-4-2)21-53-37-33(51)30(48)35(25(19-42)55-37)58-39-34(52)31(49)36(26(20-43)56-39)57-38-32(50)29(47)28(46)24(18-41)54-38/h22-26,28-39,41-44,46-52H,3-21H2,1-2H3,(H,40,45). The molecule has 3 rings (SSSR count). The molecule has 19 heteroatoms. The van der Waals surface area contributed by atoms with E-state index in [1.807, 2.05) is 0 Å². The third kappa shape index (κ3) is 15.0. The number of aliphatic hydroxyl groups is 11. The van der Waals surface area contributed by atoms with Crippen molar-refractivity contribution in [1.29, 1.82) is 0 Å². The smallest absolute Gasteiger partial charge is 0.220 e. The van der Waals surface area contributed by atoms with E-state index in [-0.39, 0.29) is 18.9 Å². The molecule has 19 nitrogen and oxygen atoms in total. The third-order valence-electron chi connectivity index (χ3n) is 11.2. The molecule has 17 unspecified atom stereocenters. The molecule has 3 aliphatic rings. The summed E-state index contributed by atoms with van der Waals surface area (Å²) in [6.07, 6.45) is -12.3. The fraction of sp³-hybridized carbons (Fsp3) is 0.974. The number of carbonyl (C=O) groups is 1. The lowest BCUT2D eigenvalue weighted by Gasteiger charge is -2.48. The topological polar surface area (TPSA) is 307 Å². The van der Waals surface area contributed by atoms with Gasteiger partial charge in [0.1, 0.15) is 73.2 Å². The van der Waals surface area contributed by atoms with Gasteiger partial charge in [-0.1, -0.05) is 90.9 Å². The van der Waals surface area contributed by atoms with Crippen molar-refractivity contribution in [3.63, 3.8) is 0 Å². The van der Waals surface area contributed by atoms with Crippen molar-refractivity contribution in [2.45, 2.75) is 214 Å². The van der Waals surface area contributed by atoms with E-state index in [1.165, 1.54) is 32.1 Å². The van der Waals surface area contributed by atoms with Gasteiger partial charge in [-0.3, -0.25) is 4.79 Å². The quantitative estimate of drug-likeness (QED) is 0.0406. The molecule has 1 amide bonds. The zero-order chi connectivity index (χ0) is 42.8. The van der Waals surface area contributed by atoms with Gasteiger partial charge in [0.15, 0.2) is 18.9 Å². The van der Waals surface area contributed by atoms with Crippen LogP contribution in [0.3, 0.4) is 0 Å². The number of rotatable bonds is 27. The van der Waals surface area contributed by atoms with Crippen LogP contribution in [0.4, 0.5) is 0 Å². The number of unbranched alkanes of at least 4 members (excludes halogenated alkanes) is 11. The van der Waals surface area contributed by atoms with E-state index in [4.69, 9.17) is 28.4 Å². The van der Waals surface area contributed by atoms with Gasteiger partial charge in [0.25, 0.3) is 0 Å². The van der Waals surface area contributed by atoms with Crippen molar-refractivity contribution in [2.75, 3.05) is 26.4 Å². The van der Waals surface area contributed by atoms with Gasteiger partial charge in [-0.15, -0.1) is 0 Å². The Labute approximate surface area is 341 Å². The fourth-order valence-electron chi connectivity index (χ4n) is 7.49. The average molecular weight is 844 g/mol. The van der Waals surface area contributed by atoms with Crippen LogP contribution < -0.4 is 5.32 Å². The van der Waals surface area contributed by atoms with Gasteiger partial charge in [0.05, 0.1) is 38.6 Å². The van der Waals surface area contributed by atoms with E-state index in [9.17, 15) is 61.0 Å². The molecule has 12 N–H and O–H groups in total. The molecule has 17 atom stereocenters. The SMILES string of the molecule is CCCCCCCCCCCC(O)C(COC1OC(CO)C(OC2OC(CO)C(OC3OC(CO)C(O)C(O)C3O)C(O)C2O)C(O)C1O)NC(=O)CCCCCC. The van der Waals surface area contributed by atoms with Crippen LogP contribution in [0.5, 0.6) is 0 Å². The molecule has 0 aromatic rings. The lowest BCUT2D eigenvalue weighted by Crippen LogP contribution is -2.66. The van der Waals surface area contributed by atoms with Gasteiger partial charge >= 0.3 is 0 Å². The molecule has 3 heterocycles. The summed E-state index contributed by atoms with van der Waals surface area (Å²) in [7, 11) is 0. The first-order valence-electron chi connectivity index (χ1n) is 21.3. The highest BCUT2D eigenvalue weighted by Crippen LogP contribution is 2.33. The molecule has 0 aromatic carbocycles. The van der Waals surface area contributed by atoms with Crippen LogP contribution in [0.15, 0.2) is 0 Å². The molecule has 3 fully saturated rings. The Kier molecular flexibility index (Phi) is 23.8. The molecule has 0 aliphatic carbocycles. The predicted octanol–water partition coefficient (Wildman–Crippen LogP) is -1.81. The molecule has 3 saturated heterocycles. The van der Waals surface area contributed by atoms with Gasteiger partial charge in [-0.2, -0.15) is 0 Å². The third-order valence-corrected chi connectivity index (χ3v) is 11.2. The molecular formula is C39H73NO18. The zero-order valence-electron chi connectivity index (χ0n) is 34.0. The number of hydrogen-bond donors (Lipinski definition) is 12. The Morgan fingerprint density at radius 2 is 0.983 bits per heavy atom. The van der Waals surface area contributed by atoms with Crippen LogP contribution in [-0.4, -0.2) is 193 Å². The van der Waals surface area contributed by atoms with Crippen molar-refractivity contribution in [1.82, 2.24) is 5.32 Å². The Balaban J connectivity index is 1.61. The van der Waals surface area contributed by atoms with Crippen molar-refractivity contribution >= 4 is 5.91 Å². The van der Waals surface area contributed by atoms with Gasteiger partial charge in [-0.05, 0) is 12.8 Å². The second-order valence-corrected chi connectivity index (χ2v) is 15.8. The van der Waals surface area contributed by atoms with Crippen molar-refractivity contribution in [3.05, 3.63) is 0 Å². The molecule has 58 heavy (non-hydrogen) atoms. The van der Waals surface area contributed by atoms with E-state index in [1.54, 1.807) is 0 Å². The van der Waals surface area contributed by atoms with Gasteiger partial charge < -0.3 is 89.9 Å². The van der Waals surface area contributed by atoms with Crippen LogP contribution in [0.25, 0.3) is 0 Å². The van der Waals surface area contributed by atoms with E-state index in [0.29, 0.717) is 12.8 Å². The van der Waals surface area contributed by atoms with Gasteiger partial charge in [0, 0.05) is 6.42 Å². The number of aliphatic hydroxyl groups excluding tert-OH is 11. The largest absolute Gasteiger partial charge is 0.394 e. The van der Waals surface area contributed by atoms with Crippen LogP contribution in [0.2, 0.25) is 0 Å². The number of amides is 1. The number of carbonyl (C=O) groups excluding carboxylic acids is 1. The molecule has 0 bridgehead atoms.